The molecular weight excluding hydrogens is 376 g/mol. The van der Waals surface area contributed by atoms with Crippen LogP contribution >= 0.6 is 0 Å². The Morgan fingerprint density at radius 3 is 2.21 bits per heavy atom. The lowest BCUT2D eigenvalue weighted by atomic mass is 10.2. The summed E-state index contributed by atoms with van der Waals surface area (Å²) in [6.45, 7) is 10.9. The van der Waals surface area contributed by atoms with Crippen LogP contribution < -0.4 is 10.5 Å². The molecule has 1 atom stereocenters. The quantitative estimate of drug-likeness (QED) is 0.551. The summed E-state index contributed by atoms with van der Waals surface area (Å²) in [5.74, 6) is -0.858. The number of hydrogen-bond donors (Lipinski definition) is 1. The summed E-state index contributed by atoms with van der Waals surface area (Å²) in [6, 6.07) is 9.19. The fraction of sp³-hybridized carbons (Fsp3) is 0.550. The number of esters is 1. The zero-order valence-corrected chi connectivity index (χ0v) is 18.9. The standard InChI is InChI=1S/C20H32N2O5Si/c1-15(18(24)26-5)22(14-28(6,7)16-11-9-8-10-12-16)17(23)13-21-19(25)27-20(2,3)4/h8-12,15H,13-14H2,1-7H3,(H,21,25)/t15-/m0/s1. The molecule has 1 N–H and O–H groups in total. The highest BCUT2D eigenvalue weighted by molar-refractivity contribution is 6.90. The molecule has 0 unspecified atom stereocenters. The molecule has 2 amide bonds. The molecule has 0 radical (unpaired) electrons. The number of methoxy groups -OCH3 is 1. The van der Waals surface area contributed by atoms with E-state index in [9.17, 15) is 14.4 Å². The molecule has 7 nitrogen and oxygen atoms in total. The highest BCUT2D eigenvalue weighted by Gasteiger charge is 2.34. The van der Waals surface area contributed by atoms with Crippen molar-refractivity contribution in [2.45, 2.75) is 52.4 Å². The Bertz CT molecular complexity index is 686. The van der Waals surface area contributed by atoms with Crippen molar-refractivity contribution >= 4 is 31.2 Å². The van der Waals surface area contributed by atoms with Gasteiger partial charge in [-0.2, -0.15) is 0 Å². The first-order valence-corrected chi connectivity index (χ1v) is 12.5. The summed E-state index contributed by atoms with van der Waals surface area (Å²) in [6.07, 6.45) is -0.256. The number of rotatable bonds is 7. The normalized spacial score (nSPS) is 12.7. The van der Waals surface area contributed by atoms with Crippen LogP contribution in [0.25, 0.3) is 0 Å². The van der Waals surface area contributed by atoms with Gasteiger partial charge in [0.25, 0.3) is 0 Å². The first-order valence-electron chi connectivity index (χ1n) is 9.27. The van der Waals surface area contributed by atoms with Gasteiger partial charge in [0.2, 0.25) is 5.91 Å². The molecule has 0 saturated heterocycles. The Morgan fingerprint density at radius 2 is 1.71 bits per heavy atom. The minimum Gasteiger partial charge on any atom is -0.467 e. The van der Waals surface area contributed by atoms with Crippen molar-refractivity contribution in [3.8, 4) is 0 Å². The van der Waals surface area contributed by atoms with Gasteiger partial charge in [-0.25, -0.2) is 9.59 Å². The second-order valence-corrected chi connectivity index (χ2v) is 13.0. The van der Waals surface area contributed by atoms with Gasteiger partial charge in [-0.3, -0.25) is 4.79 Å². The second kappa shape index (κ2) is 9.72. The SMILES string of the molecule is COC(=O)[C@H](C)N(C[Si](C)(C)c1ccccc1)C(=O)CNC(=O)OC(C)(C)C. The first kappa shape index (κ1) is 23.7. The van der Waals surface area contributed by atoms with Crippen LogP contribution in [0.4, 0.5) is 4.79 Å². The van der Waals surface area contributed by atoms with Crippen LogP contribution in [0, 0.1) is 0 Å². The number of amides is 2. The first-order chi connectivity index (χ1) is 12.9. The fourth-order valence-electron chi connectivity index (χ4n) is 2.71. The number of benzene rings is 1. The third-order valence-electron chi connectivity index (χ3n) is 4.23. The third kappa shape index (κ3) is 7.34. The number of nitrogens with zero attached hydrogens (tertiary/aromatic N) is 1. The van der Waals surface area contributed by atoms with E-state index in [1.165, 1.54) is 17.2 Å². The Kier molecular flexibility index (Phi) is 8.23. The van der Waals surface area contributed by atoms with Crippen molar-refractivity contribution in [1.29, 1.82) is 0 Å². The maximum atomic E-state index is 12.9. The lowest BCUT2D eigenvalue weighted by Crippen LogP contribution is -2.58. The monoisotopic (exact) mass is 408 g/mol. The largest absolute Gasteiger partial charge is 0.467 e. The lowest BCUT2D eigenvalue weighted by molar-refractivity contribution is -0.151. The van der Waals surface area contributed by atoms with E-state index in [4.69, 9.17) is 9.47 Å². The molecule has 0 bridgehead atoms. The number of hydrogen-bond acceptors (Lipinski definition) is 5. The molecule has 0 aromatic heterocycles. The predicted octanol–water partition coefficient (Wildman–Crippen LogP) is 2.06. The van der Waals surface area contributed by atoms with E-state index in [1.54, 1.807) is 27.7 Å². The topological polar surface area (TPSA) is 84.9 Å². The van der Waals surface area contributed by atoms with E-state index in [2.05, 4.69) is 18.4 Å². The van der Waals surface area contributed by atoms with Crippen LogP contribution in [0.3, 0.4) is 0 Å². The molecule has 0 aliphatic heterocycles. The fourth-order valence-corrected chi connectivity index (χ4v) is 5.29. The van der Waals surface area contributed by atoms with Crippen LogP contribution in [-0.4, -0.2) is 62.4 Å². The summed E-state index contributed by atoms with van der Waals surface area (Å²) < 4.78 is 9.99. The summed E-state index contributed by atoms with van der Waals surface area (Å²) in [7, 11) is -0.776. The van der Waals surface area contributed by atoms with E-state index < -0.39 is 31.8 Å². The summed E-state index contributed by atoms with van der Waals surface area (Å²) in [5.41, 5.74) is -0.658. The van der Waals surface area contributed by atoms with Gasteiger partial charge in [-0.15, -0.1) is 0 Å². The summed E-state index contributed by atoms with van der Waals surface area (Å²) >= 11 is 0. The second-order valence-electron chi connectivity index (χ2n) is 8.33. The average molecular weight is 409 g/mol. The molecule has 0 saturated carbocycles. The molecule has 0 heterocycles. The molecule has 8 heteroatoms. The Hall–Kier alpha value is -2.35. The molecular formula is C20H32N2O5Si. The van der Waals surface area contributed by atoms with Crippen molar-refractivity contribution < 1.29 is 23.9 Å². The van der Waals surface area contributed by atoms with Gasteiger partial charge in [-0.1, -0.05) is 48.6 Å². The smallest absolute Gasteiger partial charge is 0.408 e. The van der Waals surface area contributed by atoms with Gasteiger partial charge in [0.05, 0.1) is 7.11 Å². The van der Waals surface area contributed by atoms with Crippen LogP contribution in [0.1, 0.15) is 27.7 Å². The van der Waals surface area contributed by atoms with Gasteiger partial charge < -0.3 is 19.7 Å². The summed E-state index contributed by atoms with van der Waals surface area (Å²) in [5, 5.41) is 3.64. The molecule has 0 aliphatic carbocycles. The van der Waals surface area contributed by atoms with Crippen molar-refractivity contribution in [2.24, 2.45) is 0 Å². The van der Waals surface area contributed by atoms with Crippen LogP contribution in [0.2, 0.25) is 13.1 Å². The van der Waals surface area contributed by atoms with Crippen molar-refractivity contribution in [1.82, 2.24) is 10.2 Å². The van der Waals surface area contributed by atoms with Crippen LogP contribution in [0.15, 0.2) is 30.3 Å². The predicted molar refractivity (Wildman–Crippen MR) is 111 cm³/mol. The van der Waals surface area contributed by atoms with Crippen LogP contribution in [0.5, 0.6) is 0 Å². The lowest BCUT2D eigenvalue weighted by Gasteiger charge is -2.34. The van der Waals surface area contributed by atoms with E-state index in [0.29, 0.717) is 6.17 Å². The molecule has 156 valence electrons. The molecule has 0 fully saturated rings. The van der Waals surface area contributed by atoms with Gasteiger partial charge in [-0.05, 0) is 27.7 Å². The van der Waals surface area contributed by atoms with Crippen molar-refractivity contribution in [3.05, 3.63) is 30.3 Å². The van der Waals surface area contributed by atoms with Crippen LogP contribution in [-0.2, 0) is 19.1 Å². The maximum Gasteiger partial charge on any atom is 0.408 e. The van der Waals surface area contributed by atoms with Gasteiger partial charge in [0.1, 0.15) is 26.3 Å². The Labute approximate surface area is 168 Å². The molecule has 1 rings (SSSR count). The number of nitrogens with one attached hydrogen (secondary N) is 1. The average Bonchev–Trinajstić information content (AvgIpc) is 2.62. The van der Waals surface area contributed by atoms with Gasteiger partial charge in [0.15, 0.2) is 0 Å². The molecule has 28 heavy (non-hydrogen) atoms. The van der Waals surface area contributed by atoms with E-state index in [1.807, 2.05) is 30.3 Å². The Morgan fingerprint density at radius 1 is 1.14 bits per heavy atom. The van der Waals surface area contributed by atoms with E-state index >= 15 is 0 Å². The number of ether oxygens (including phenoxy) is 2. The van der Waals surface area contributed by atoms with Crippen molar-refractivity contribution in [3.63, 3.8) is 0 Å². The van der Waals surface area contributed by atoms with E-state index in [0.717, 1.165) is 0 Å². The minimum atomic E-state index is -2.07. The third-order valence-corrected chi connectivity index (χ3v) is 7.26. The zero-order chi connectivity index (χ0) is 21.5. The van der Waals surface area contributed by atoms with Crippen molar-refractivity contribution in [2.75, 3.05) is 19.8 Å². The minimum absolute atomic E-state index is 0.254. The number of carbonyl (C=O) groups is 3. The zero-order valence-electron chi connectivity index (χ0n) is 17.9. The highest BCUT2D eigenvalue weighted by Crippen LogP contribution is 2.12. The molecule has 0 aliphatic rings. The molecule has 0 spiro atoms. The summed E-state index contributed by atoms with van der Waals surface area (Å²) in [4.78, 5) is 38.3. The molecule has 1 aromatic rings. The van der Waals surface area contributed by atoms with E-state index in [-0.39, 0.29) is 12.5 Å². The Balaban J connectivity index is 2.95. The maximum absolute atomic E-state index is 12.9. The highest BCUT2D eigenvalue weighted by atomic mass is 28.3. The van der Waals surface area contributed by atoms with Gasteiger partial charge >= 0.3 is 12.1 Å². The number of alkyl carbamates (subject to hydrolysis) is 1. The van der Waals surface area contributed by atoms with Gasteiger partial charge in [0, 0.05) is 6.17 Å². The molecule has 1 aromatic carbocycles. The number of carbonyl (C=O) groups excluding carboxylic acids is 3.